The minimum absolute atomic E-state index is 0.0486. The summed E-state index contributed by atoms with van der Waals surface area (Å²) in [6, 6.07) is 8.66. The SMILES string of the molecule is COc1cc(C(=O)NCCN(C)C)c(Cl)cc1Nc1ncc(C(F)(F)F)c(O[C@@H]2Cc3ccccc3[C@H]2NS(C)(=O)=O)n1. The fourth-order valence-electron chi connectivity index (χ4n) is 4.49. The topological polar surface area (TPSA) is 135 Å². The van der Waals surface area contributed by atoms with Gasteiger partial charge in [-0.1, -0.05) is 35.9 Å². The Morgan fingerprint density at radius 3 is 2.58 bits per heavy atom. The molecule has 3 N–H and O–H groups in total. The van der Waals surface area contributed by atoms with E-state index in [-0.39, 0.29) is 34.4 Å². The number of hydrogen-bond donors (Lipinski definition) is 3. The first-order chi connectivity index (χ1) is 20.2. The molecule has 11 nitrogen and oxygen atoms in total. The Kier molecular flexibility index (Phi) is 9.69. The first kappa shape index (κ1) is 32.3. The first-order valence-electron chi connectivity index (χ1n) is 12.9. The van der Waals surface area contributed by atoms with Gasteiger partial charge in [-0.3, -0.25) is 4.79 Å². The number of rotatable bonds is 11. The van der Waals surface area contributed by atoms with Crippen LogP contribution >= 0.6 is 11.6 Å². The summed E-state index contributed by atoms with van der Waals surface area (Å²) in [5.41, 5.74) is 0.365. The van der Waals surface area contributed by atoms with Gasteiger partial charge in [-0.25, -0.2) is 18.1 Å². The number of anilines is 2. The Morgan fingerprint density at radius 1 is 1.21 bits per heavy atom. The van der Waals surface area contributed by atoms with Crippen molar-refractivity contribution in [2.24, 2.45) is 0 Å². The van der Waals surface area contributed by atoms with E-state index in [0.29, 0.717) is 24.8 Å². The van der Waals surface area contributed by atoms with Gasteiger partial charge in [-0.15, -0.1) is 0 Å². The normalized spacial score (nSPS) is 16.6. The van der Waals surface area contributed by atoms with E-state index in [2.05, 4.69) is 25.3 Å². The van der Waals surface area contributed by atoms with Crippen molar-refractivity contribution in [2.45, 2.75) is 24.7 Å². The lowest BCUT2D eigenvalue weighted by Gasteiger charge is -2.23. The fourth-order valence-corrected chi connectivity index (χ4v) is 5.48. The molecule has 0 saturated carbocycles. The van der Waals surface area contributed by atoms with Crippen LogP contribution in [0.5, 0.6) is 11.6 Å². The number of aromatic nitrogens is 2. The zero-order valence-corrected chi connectivity index (χ0v) is 25.2. The number of fused-ring (bicyclic) bond motifs is 1. The lowest BCUT2D eigenvalue weighted by Crippen LogP contribution is -2.36. The summed E-state index contributed by atoms with van der Waals surface area (Å²) >= 11 is 6.37. The third kappa shape index (κ3) is 8.04. The lowest BCUT2D eigenvalue weighted by atomic mass is 10.1. The Balaban J connectivity index is 1.64. The van der Waals surface area contributed by atoms with Crippen LogP contribution in [0.2, 0.25) is 5.02 Å². The number of methoxy groups -OCH3 is 1. The highest BCUT2D eigenvalue weighted by Crippen LogP contribution is 2.40. The van der Waals surface area contributed by atoms with Crippen LogP contribution in [0.25, 0.3) is 0 Å². The average molecular weight is 643 g/mol. The monoisotopic (exact) mass is 642 g/mol. The molecule has 4 rings (SSSR count). The third-order valence-corrected chi connectivity index (χ3v) is 7.47. The van der Waals surface area contributed by atoms with Gasteiger partial charge >= 0.3 is 6.18 Å². The summed E-state index contributed by atoms with van der Waals surface area (Å²) in [7, 11) is 1.32. The van der Waals surface area contributed by atoms with E-state index in [0.717, 1.165) is 11.8 Å². The molecular formula is C27H30ClF3N6O5S. The van der Waals surface area contributed by atoms with Gasteiger partial charge in [-0.2, -0.15) is 18.2 Å². The van der Waals surface area contributed by atoms with Crippen LogP contribution in [-0.2, 0) is 22.6 Å². The van der Waals surface area contributed by atoms with Crippen LogP contribution in [0.15, 0.2) is 42.6 Å². The molecule has 0 fully saturated rings. The van der Waals surface area contributed by atoms with Crippen molar-refractivity contribution < 1.29 is 35.9 Å². The lowest BCUT2D eigenvalue weighted by molar-refractivity contribution is -0.140. The number of carbonyl (C=O) groups excluding carboxylic acids is 1. The third-order valence-electron chi connectivity index (χ3n) is 6.47. The summed E-state index contributed by atoms with van der Waals surface area (Å²) in [6.45, 7) is 0.979. The van der Waals surface area contributed by atoms with Crippen molar-refractivity contribution in [1.82, 2.24) is 24.9 Å². The number of benzene rings is 2. The van der Waals surface area contributed by atoms with Gasteiger partial charge in [0.2, 0.25) is 21.9 Å². The predicted octanol–water partition coefficient (Wildman–Crippen LogP) is 3.79. The molecule has 2 atom stereocenters. The van der Waals surface area contributed by atoms with Crippen LogP contribution in [0.1, 0.15) is 33.1 Å². The highest BCUT2D eigenvalue weighted by molar-refractivity contribution is 7.88. The molecule has 2 aromatic carbocycles. The van der Waals surface area contributed by atoms with Gasteiger partial charge < -0.3 is 25.0 Å². The number of ether oxygens (including phenoxy) is 2. The largest absolute Gasteiger partial charge is 0.495 e. The van der Waals surface area contributed by atoms with E-state index in [1.54, 1.807) is 24.3 Å². The molecule has 0 radical (unpaired) electrons. The number of nitrogens with one attached hydrogen (secondary N) is 3. The zero-order chi connectivity index (χ0) is 31.5. The summed E-state index contributed by atoms with van der Waals surface area (Å²) in [4.78, 5) is 22.3. The number of hydrogen-bond acceptors (Lipinski definition) is 9. The number of sulfonamides is 1. The predicted molar refractivity (Wildman–Crippen MR) is 154 cm³/mol. The number of alkyl halides is 3. The van der Waals surface area contributed by atoms with Crippen LogP contribution in [-0.4, -0.2) is 75.8 Å². The number of halogens is 4. The van der Waals surface area contributed by atoms with Gasteiger partial charge in [0.25, 0.3) is 5.91 Å². The highest BCUT2D eigenvalue weighted by atomic mass is 35.5. The maximum atomic E-state index is 14.0. The highest BCUT2D eigenvalue weighted by Gasteiger charge is 2.41. The smallest absolute Gasteiger partial charge is 0.423 e. The Labute approximate surface area is 251 Å². The zero-order valence-electron chi connectivity index (χ0n) is 23.6. The maximum absolute atomic E-state index is 14.0. The van der Waals surface area contributed by atoms with Crippen molar-refractivity contribution in [3.05, 3.63) is 69.9 Å². The second kappa shape index (κ2) is 12.9. The van der Waals surface area contributed by atoms with E-state index in [1.807, 2.05) is 19.0 Å². The molecule has 1 aromatic heterocycles. The van der Waals surface area contributed by atoms with Crippen LogP contribution in [0.4, 0.5) is 24.8 Å². The molecule has 16 heteroatoms. The molecule has 0 aliphatic heterocycles. The van der Waals surface area contributed by atoms with E-state index in [1.165, 1.54) is 19.2 Å². The minimum Gasteiger partial charge on any atom is -0.495 e. The molecule has 0 saturated heterocycles. The van der Waals surface area contributed by atoms with Gasteiger partial charge in [0, 0.05) is 25.7 Å². The van der Waals surface area contributed by atoms with E-state index in [4.69, 9.17) is 21.1 Å². The Morgan fingerprint density at radius 2 is 1.93 bits per heavy atom. The average Bonchev–Trinajstić information content (AvgIpc) is 3.23. The van der Waals surface area contributed by atoms with Crippen LogP contribution in [0.3, 0.4) is 0 Å². The van der Waals surface area contributed by atoms with E-state index >= 15 is 0 Å². The summed E-state index contributed by atoms with van der Waals surface area (Å²) < 4.78 is 79.7. The molecular weight excluding hydrogens is 613 g/mol. The van der Waals surface area contributed by atoms with Crippen molar-refractivity contribution in [2.75, 3.05) is 45.9 Å². The van der Waals surface area contributed by atoms with Gasteiger partial charge in [0.15, 0.2) is 0 Å². The molecule has 43 heavy (non-hydrogen) atoms. The van der Waals surface area contributed by atoms with Crippen LogP contribution in [0, 0.1) is 0 Å². The van der Waals surface area contributed by atoms with Crippen molar-refractivity contribution >= 4 is 39.2 Å². The Bertz CT molecular complexity index is 1610. The second-order valence-corrected chi connectivity index (χ2v) is 12.2. The first-order valence-corrected chi connectivity index (χ1v) is 15.2. The molecule has 3 aromatic rings. The molecule has 1 amide bonds. The van der Waals surface area contributed by atoms with Crippen molar-refractivity contribution in [3.8, 4) is 11.6 Å². The molecule has 232 valence electrons. The molecule has 0 spiro atoms. The molecule has 0 unspecified atom stereocenters. The number of likely N-dealkylation sites (N-methyl/N-ethyl adjacent to an activating group) is 1. The van der Waals surface area contributed by atoms with E-state index < -0.39 is 45.7 Å². The molecule has 1 aliphatic rings. The van der Waals surface area contributed by atoms with Crippen LogP contribution < -0.4 is 24.8 Å². The van der Waals surface area contributed by atoms with Gasteiger partial charge in [0.05, 0.1) is 35.7 Å². The maximum Gasteiger partial charge on any atom is 0.423 e. The molecule has 0 bridgehead atoms. The van der Waals surface area contributed by atoms with Crippen molar-refractivity contribution in [3.63, 3.8) is 0 Å². The summed E-state index contributed by atoms with van der Waals surface area (Å²) in [6.07, 6.45) is -4.26. The van der Waals surface area contributed by atoms with E-state index in [9.17, 15) is 26.4 Å². The quantitative estimate of drug-likeness (QED) is 0.286. The molecule has 1 aliphatic carbocycles. The van der Waals surface area contributed by atoms with Gasteiger partial charge in [-0.05, 0) is 37.4 Å². The second-order valence-electron chi connectivity index (χ2n) is 10.1. The Hall–Kier alpha value is -3.66. The summed E-state index contributed by atoms with van der Waals surface area (Å²) in [5, 5.41) is 5.57. The standard InChI is InChI=1S/C27H30ClF3N6O5S/c1-37(2)10-9-32-24(38)17-12-21(41-3)20(13-19(17)28)34-26-33-14-18(27(29,30)31)25(35-26)42-22-11-15-7-5-6-8-16(15)23(22)36-43(4,39)40/h5-8,12-14,22-23,36H,9-11H2,1-4H3,(H,32,38)(H,33,34,35)/t22-,23-/m1/s1. The number of nitrogens with zero attached hydrogens (tertiary/aromatic N) is 3. The minimum atomic E-state index is -4.87. The van der Waals surface area contributed by atoms with Gasteiger partial charge in [0.1, 0.15) is 17.4 Å². The number of carbonyl (C=O) groups is 1. The van der Waals surface area contributed by atoms with Crippen molar-refractivity contribution in [1.29, 1.82) is 0 Å². The molecule has 1 heterocycles. The summed E-state index contributed by atoms with van der Waals surface area (Å²) in [5.74, 6) is -1.38. The number of amides is 1. The fraction of sp³-hybridized carbons (Fsp3) is 0.370.